The van der Waals surface area contributed by atoms with Crippen molar-refractivity contribution in [2.45, 2.75) is 13.5 Å². The SMILES string of the molecule is CCOc1ncccc1CNC(=O)COc1ccccc1OC. The summed E-state index contributed by atoms with van der Waals surface area (Å²) in [4.78, 5) is 16.1. The minimum Gasteiger partial charge on any atom is -0.493 e. The first-order chi connectivity index (χ1) is 11.2. The van der Waals surface area contributed by atoms with Crippen LogP contribution in [0.5, 0.6) is 17.4 Å². The molecule has 2 aromatic rings. The summed E-state index contributed by atoms with van der Waals surface area (Å²) in [5.74, 6) is 1.41. The van der Waals surface area contributed by atoms with E-state index in [9.17, 15) is 4.79 Å². The van der Waals surface area contributed by atoms with E-state index < -0.39 is 0 Å². The number of amides is 1. The highest BCUT2D eigenvalue weighted by molar-refractivity contribution is 5.77. The molecule has 0 bridgehead atoms. The molecule has 0 unspecified atom stereocenters. The van der Waals surface area contributed by atoms with Crippen molar-refractivity contribution in [2.24, 2.45) is 0 Å². The number of nitrogens with zero attached hydrogens (tertiary/aromatic N) is 1. The van der Waals surface area contributed by atoms with Crippen molar-refractivity contribution < 1.29 is 19.0 Å². The summed E-state index contributed by atoms with van der Waals surface area (Å²) in [6.45, 7) is 2.65. The number of benzene rings is 1. The van der Waals surface area contributed by atoms with Gasteiger partial charge in [0.15, 0.2) is 18.1 Å². The molecule has 0 saturated carbocycles. The number of nitrogens with one attached hydrogen (secondary N) is 1. The fraction of sp³-hybridized carbons (Fsp3) is 0.294. The van der Waals surface area contributed by atoms with Crippen LogP contribution in [0.3, 0.4) is 0 Å². The molecule has 0 aliphatic rings. The molecule has 0 aliphatic heterocycles. The van der Waals surface area contributed by atoms with Gasteiger partial charge in [-0.2, -0.15) is 0 Å². The Balaban J connectivity index is 1.86. The third kappa shape index (κ3) is 4.88. The lowest BCUT2D eigenvalue weighted by Gasteiger charge is -2.11. The van der Waals surface area contributed by atoms with Crippen molar-refractivity contribution in [3.8, 4) is 17.4 Å². The maximum absolute atomic E-state index is 11.9. The second-order valence-electron chi connectivity index (χ2n) is 4.62. The van der Waals surface area contributed by atoms with E-state index in [1.54, 1.807) is 31.5 Å². The summed E-state index contributed by atoms with van der Waals surface area (Å²) in [5, 5.41) is 2.78. The van der Waals surface area contributed by atoms with Crippen molar-refractivity contribution in [3.05, 3.63) is 48.2 Å². The molecule has 0 saturated heterocycles. The van der Waals surface area contributed by atoms with Gasteiger partial charge < -0.3 is 19.5 Å². The fourth-order valence-electron chi connectivity index (χ4n) is 1.95. The molecule has 1 aromatic carbocycles. The maximum atomic E-state index is 11.9. The molecule has 1 amide bonds. The van der Waals surface area contributed by atoms with Gasteiger partial charge in [-0.15, -0.1) is 0 Å². The normalized spacial score (nSPS) is 10.0. The number of para-hydroxylation sites is 2. The topological polar surface area (TPSA) is 69.7 Å². The largest absolute Gasteiger partial charge is 0.493 e. The molecular formula is C17H20N2O4. The van der Waals surface area contributed by atoms with Gasteiger partial charge in [-0.1, -0.05) is 18.2 Å². The average Bonchev–Trinajstić information content (AvgIpc) is 2.59. The highest BCUT2D eigenvalue weighted by Gasteiger charge is 2.09. The van der Waals surface area contributed by atoms with Crippen LogP contribution in [0, 0.1) is 0 Å². The first kappa shape index (κ1) is 16.6. The van der Waals surface area contributed by atoms with Crippen LogP contribution < -0.4 is 19.5 Å². The van der Waals surface area contributed by atoms with E-state index in [0.717, 1.165) is 5.56 Å². The van der Waals surface area contributed by atoms with Gasteiger partial charge in [0.25, 0.3) is 5.91 Å². The van der Waals surface area contributed by atoms with E-state index in [1.807, 2.05) is 25.1 Å². The van der Waals surface area contributed by atoms with Gasteiger partial charge in [0.1, 0.15) is 0 Å². The van der Waals surface area contributed by atoms with E-state index in [-0.39, 0.29) is 12.5 Å². The van der Waals surface area contributed by atoms with Crippen LogP contribution >= 0.6 is 0 Å². The van der Waals surface area contributed by atoms with Crippen molar-refractivity contribution in [1.29, 1.82) is 0 Å². The highest BCUT2D eigenvalue weighted by Crippen LogP contribution is 2.25. The average molecular weight is 316 g/mol. The summed E-state index contributed by atoms with van der Waals surface area (Å²) in [5.41, 5.74) is 0.819. The van der Waals surface area contributed by atoms with E-state index in [0.29, 0.717) is 30.5 Å². The Kier molecular flexibility index (Phi) is 6.23. The molecule has 0 fully saturated rings. The number of ether oxygens (including phenoxy) is 3. The Labute approximate surface area is 135 Å². The van der Waals surface area contributed by atoms with Crippen molar-refractivity contribution >= 4 is 5.91 Å². The number of pyridine rings is 1. The lowest BCUT2D eigenvalue weighted by Crippen LogP contribution is -2.28. The summed E-state index contributed by atoms with van der Waals surface area (Å²) >= 11 is 0. The standard InChI is InChI=1S/C17H20N2O4/c1-3-22-17-13(7-6-10-18-17)11-19-16(20)12-23-15-9-5-4-8-14(15)21-2/h4-10H,3,11-12H2,1-2H3,(H,19,20). The summed E-state index contributed by atoms with van der Waals surface area (Å²) in [6, 6.07) is 10.8. The Bertz CT molecular complexity index is 646. The van der Waals surface area contributed by atoms with E-state index in [4.69, 9.17) is 14.2 Å². The Morgan fingerprint density at radius 2 is 1.91 bits per heavy atom. The Hall–Kier alpha value is -2.76. The van der Waals surface area contributed by atoms with Crippen LogP contribution in [0.4, 0.5) is 0 Å². The summed E-state index contributed by atoms with van der Waals surface area (Å²) < 4.78 is 16.1. The van der Waals surface area contributed by atoms with Gasteiger partial charge in [-0.3, -0.25) is 4.79 Å². The minimum absolute atomic E-state index is 0.0927. The lowest BCUT2D eigenvalue weighted by atomic mass is 10.2. The predicted molar refractivity (Wildman–Crippen MR) is 85.7 cm³/mol. The smallest absolute Gasteiger partial charge is 0.258 e. The summed E-state index contributed by atoms with van der Waals surface area (Å²) in [6.07, 6.45) is 1.65. The van der Waals surface area contributed by atoms with Gasteiger partial charge in [0.05, 0.1) is 13.7 Å². The Morgan fingerprint density at radius 3 is 2.65 bits per heavy atom. The van der Waals surface area contributed by atoms with Crippen LogP contribution in [-0.2, 0) is 11.3 Å². The molecular weight excluding hydrogens is 296 g/mol. The molecule has 1 N–H and O–H groups in total. The van der Waals surface area contributed by atoms with Crippen LogP contribution in [-0.4, -0.2) is 31.2 Å². The van der Waals surface area contributed by atoms with E-state index in [1.165, 1.54) is 0 Å². The summed E-state index contributed by atoms with van der Waals surface area (Å²) in [7, 11) is 1.56. The van der Waals surface area contributed by atoms with Crippen molar-refractivity contribution in [2.75, 3.05) is 20.3 Å². The van der Waals surface area contributed by atoms with Gasteiger partial charge in [0.2, 0.25) is 5.88 Å². The number of hydrogen-bond acceptors (Lipinski definition) is 5. The number of carbonyl (C=O) groups excluding carboxylic acids is 1. The lowest BCUT2D eigenvalue weighted by molar-refractivity contribution is -0.123. The van der Waals surface area contributed by atoms with Gasteiger partial charge in [-0.05, 0) is 25.1 Å². The first-order valence-corrected chi connectivity index (χ1v) is 7.33. The zero-order valence-corrected chi connectivity index (χ0v) is 13.2. The molecule has 2 rings (SSSR count). The van der Waals surface area contributed by atoms with Gasteiger partial charge in [-0.25, -0.2) is 4.98 Å². The second kappa shape index (κ2) is 8.63. The number of methoxy groups -OCH3 is 1. The number of aromatic nitrogens is 1. The molecule has 1 aromatic heterocycles. The quantitative estimate of drug-likeness (QED) is 0.808. The molecule has 6 nitrogen and oxygen atoms in total. The third-order valence-electron chi connectivity index (χ3n) is 3.03. The molecule has 0 radical (unpaired) electrons. The first-order valence-electron chi connectivity index (χ1n) is 7.33. The maximum Gasteiger partial charge on any atom is 0.258 e. The van der Waals surface area contributed by atoms with E-state index >= 15 is 0 Å². The Morgan fingerprint density at radius 1 is 1.13 bits per heavy atom. The highest BCUT2D eigenvalue weighted by atomic mass is 16.5. The van der Waals surface area contributed by atoms with Crippen LogP contribution in [0.25, 0.3) is 0 Å². The van der Waals surface area contributed by atoms with Gasteiger partial charge in [0, 0.05) is 18.3 Å². The van der Waals surface area contributed by atoms with E-state index in [2.05, 4.69) is 10.3 Å². The molecule has 0 spiro atoms. The van der Waals surface area contributed by atoms with Crippen molar-refractivity contribution in [3.63, 3.8) is 0 Å². The van der Waals surface area contributed by atoms with Crippen molar-refractivity contribution in [1.82, 2.24) is 10.3 Å². The molecule has 23 heavy (non-hydrogen) atoms. The van der Waals surface area contributed by atoms with Crippen LogP contribution in [0.1, 0.15) is 12.5 Å². The molecule has 6 heteroatoms. The monoisotopic (exact) mass is 316 g/mol. The minimum atomic E-state index is -0.234. The van der Waals surface area contributed by atoms with Crippen LogP contribution in [0.15, 0.2) is 42.6 Å². The third-order valence-corrected chi connectivity index (χ3v) is 3.03. The van der Waals surface area contributed by atoms with Gasteiger partial charge >= 0.3 is 0 Å². The predicted octanol–water partition coefficient (Wildman–Crippen LogP) is 2.18. The van der Waals surface area contributed by atoms with Crippen LogP contribution in [0.2, 0.25) is 0 Å². The number of hydrogen-bond donors (Lipinski definition) is 1. The zero-order chi connectivity index (χ0) is 16.5. The number of rotatable bonds is 8. The zero-order valence-electron chi connectivity index (χ0n) is 13.2. The molecule has 122 valence electrons. The second-order valence-corrected chi connectivity index (χ2v) is 4.62. The molecule has 1 heterocycles. The fourth-order valence-corrected chi connectivity index (χ4v) is 1.95. The molecule has 0 aliphatic carbocycles. The number of carbonyl (C=O) groups is 1. The molecule has 0 atom stereocenters.